The summed E-state index contributed by atoms with van der Waals surface area (Å²) in [6.45, 7) is 1.63. The van der Waals surface area contributed by atoms with E-state index < -0.39 is 11.9 Å². The highest BCUT2D eigenvalue weighted by molar-refractivity contribution is 6.03. The van der Waals surface area contributed by atoms with E-state index in [0.717, 1.165) is 0 Å². The van der Waals surface area contributed by atoms with Crippen molar-refractivity contribution in [2.24, 2.45) is 5.92 Å². The second-order valence-corrected chi connectivity index (χ2v) is 4.46. The van der Waals surface area contributed by atoms with Gasteiger partial charge >= 0.3 is 5.97 Å². The highest BCUT2D eigenvalue weighted by Crippen LogP contribution is 2.35. The molecule has 1 rings (SSSR count). The van der Waals surface area contributed by atoms with Crippen molar-refractivity contribution in [1.82, 2.24) is 0 Å². The van der Waals surface area contributed by atoms with Crippen LogP contribution in [-0.2, 0) is 9.53 Å². The predicted molar refractivity (Wildman–Crippen MR) is 76.2 cm³/mol. The zero-order valence-electron chi connectivity index (χ0n) is 12.9. The zero-order chi connectivity index (χ0) is 16.0. The Morgan fingerprint density at radius 1 is 1.00 bits per heavy atom. The first kappa shape index (κ1) is 16.8. The average Bonchev–Trinajstić information content (AvgIpc) is 2.51. The van der Waals surface area contributed by atoms with Gasteiger partial charge in [-0.25, -0.2) is 0 Å². The third-order valence-corrected chi connectivity index (χ3v) is 3.09. The number of hydrogen-bond donors (Lipinski definition) is 0. The molecular weight excluding hydrogens is 276 g/mol. The molecule has 21 heavy (non-hydrogen) atoms. The maximum absolute atomic E-state index is 12.4. The molecule has 0 fully saturated rings. The number of hydrogen-bond acceptors (Lipinski definition) is 6. The molecule has 0 radical (unpaired) electrons. The van der Waals surface area contributed by atoms with Crippen LogP contribution in [-0.4, -0.2) is 40.2 Å². The van der Waals surface area contributed by atoms with Crippen molar-refractivity contribution in [3.63, 3.8) is 0 Å². The van der Waals surface area contributed by atoms with E-state index in [9.17, 15) is 9.59 Å². The Hall–Kier alpha value is -2.24. The lowest BCUT2D eigenvalue weighted by Crippen LogP contribution is -2.17. The van der Waals surface area contributed by atoms with E-state index in [1.54, 1.807) is 19.1 Å². The van der Waals surface area contributed by atoms with Crippen molar-refractivity contribution in [3.8, 4) is 17.2 Å². The van der Waals surface area contributed by atoms with Crippen LogP contribution < -0.4 is 14.2 Å². The minimum atomic E-state index is -0.543. The van der Waals surface area contributed by atoms with E-state index in [1.165, 1.54) is 28.4 Å². The van der Waals surface area contributed by atoms with Gasteiger partial charge < -0.3 is 18.9 Å². The third-order valence-electron chi connectivity index (χ3n) is 3.09. The molecule has 0 aromatic heterocycles. The van der Waals surface area contributed by atoms with Gasteiger partial charge in [0.1, 0.15) is 22.8 Å². The second-order valence-electron chi connectivity index (χ2n) is 4.46. The maximum atomic E-state index is 12.4. The molecule has 0 N–H and O–H groups in total. The Bertz CT molecular complexity index is 498. The molecule has 0 saturated carbocycles. The van der Waals surface area contributed by atoms with Gasteiger partial charge in [0.2, 0.25) is 0 Å². The number of esters is 1. The molecule has 116 valence electrons. The first-order valence-electron chi connectivity index (χ1n) is 6.39. The highest BCUT2D eigenvalue weighted by atomic mass is 16.5. The zero-order valence-corrected chi connectivity index (χ0v) is 12.9. The van der Waals surface area contributed by atoms with Gasteiger partial charge in [-0.3, -0.25) is 9.59 Å². The van der Waals surface area contributed by atoms with Crippen LogP contribution in [0.5, 0.6) is 17.2 Å². The van der Waals surface area contributed by atoms with Crippen molar-refractivity contribution >= 4 is 11.8 Å². The van der Waals surface area contributed by atoms with Gasteiger partial charge in [-0.1, -0.05) is 6.92 Å². The Balaban J connectivity index is 3.15. The summed E-state index contributed by atoms with van der Waals surface area (Å²) in [7, 11) is 5.70. The Labute approximate surface area is 123 Å². The lowest BCUT2D eigenvalue weighted by molar-refractivity contribution is -0.144. The Kier molecular flexibility index (Phi) is 6.02. The monoisotopic (exact) mass is 296 g/mol. The summed E-state index contributed by atoms with van der Waals surface area (Å²) < 4.78 is 20.2. The smallest absolute Gasteiger partial charge is 0.308 e. The minimum absolute atomic E-state index is 0.00568. The third kappa shape index (κ3) is 3.87. The number of ether oxygens (including phenoxy) is 4. The average molecular weight is 296 g/mol. The summed E-state index contributed by atoms with van der Waals surface area (Å²) in [5.41, 5.74) is 0.288. The van der Waals surface area contributed by atoms with E-state index in [2.05, 4.69) is 4.74 Å². The molecular formula is C15H20O6. The van der Waals surface area contributed by atoms with Gasteiger partial charge in [0.15, 0.2) is 5.78 Å². The van der Waals surface area contributed by atoms with Crippen LogP contribution in [0.15, 0.2) is 12.1 Å². The van der Waals surface area contributed by atoms with Crippen molar-refractivity contribution < 1.29 is 28.5 Å². The molecule has 0 aliphatic heterocycles. The van der Waals surface area contributed by atoms with Crippen molar-refractivity contribution in [2.45, 2.75) is 13.3 Å². The molecule has 0 bridgehead atoms. The lowest BCUT2D eigenvalue weighted by atomic mass is 9.98. The number of methoxy groups -OCH3 is 4. The fraction of sp³-hybridized carbons (Fsp3) is 0.467. The largest absolute Gasteiger partial charge is 0.496 e. The summed E-state index contributed by atoms with van der Waals surface area (Å²) >= 11 is 0. The number of carbonyl (C=O) groups is 2. The predicted octanol–water partition coefficient (Wildman–Crippen LogP) is 2.09. The molecule has 0 aliphatic rings. The summed E-state index contributed by atoms with van der Waals surface area (Å²) in [6, 6.07) is 3.19. The summed E-state index contributed by atoms with van der Waals surface area (Å²) in [5.74, 6) is -0.0409. The maximum Gasteiger partial charge on any atom is 0.308 e. The van der Waals surface area contributed by atoms with Crippen LogP contribution in [0.4, 0.5) is 0 Å². The molecule has 0 amide bonds. The summed E-state index contributed by atoms with van der Waals surface area (Å²) in [5, 5.41) is 0. The highest BCUT2D eigenvalue weighted by Gasteiger charge is 2.24. The van der Waals surface area contributed by atoms with Gasteiger partial charge in [-0.2, -0.15) is 0 Å². The van der Waals surface area contributed by atoms with E-state index in [4.69, 9.17) is 14.2 Å². The van der Waals surface area contributed by atoms with Crippen LogP contribution in [0.1, 0.15) is 23.7 Å². The van der Waals surface area contributed by atoms with E-state index in [-0.39, 0.29) is 17.8 Å². The Morgan fingerprint density at radius 3 is 1.90 bits per heavy atom. The topological polar surface area (TPSA) is 71.1 Å². The molecule has 1 atom stereocenters. The van der Waals surface area contributed by atoms with Gasteiger partial charge in [0.25, 0.3) is 0 Å². The summed E-state index contributed by atoms with van der Waals surface area (Å²) in [6.07, 6.45) is 0.00568. The molecule has 0 heterocycles. The SMILES string of the molecule is COC(=O)C(C)CC(=O)c1c(OC)cc(OC)cc1OC. The van der Waals surface area contributed by atoms with Gasteiger partial charge in [0, 0.05) is 18.6 Å². The van der Waals surface area contributed by atoms with Crippen molar-refractivity contribution in [1.29, 1.82) is 0 Å². The molecule has 1 unspecified atom stereocenters. The number of ketones is 1. The lowest BCUT2D eigenvalue weighted by Gasteiger charge is -2.15. The van der Waals surface area contributed by atoms with E-state index >= 15 is 0 Å². The van der Waals surface area contributed by atoms with Crippen LogP contribution in [0.25, 0.3) is 0 Å². The second kappa shape index (κ2) is 7.52. The first-order valence-corrected chi connectivity index (χ1v) is 6.39. The van der Waals surface area contributed by atoms with Crippen LogP contribution in [0.2, 0.25) is 0 Å². The minimum Gasteiger partial charge on any atom is -0.496 e. The fourth-order valence-electron chi connectivity index (χ4n) is 1.95. The molecule has 6 heteroatoms. The molecule has 0 aliphatic carbocycles. The van der Waals surface area contributed by atoms with Crippen molar-refractivity contribution in [2.75, 3.05) is 28.4 Å². The summed E-state index contributed by atoms with van der Waals surface area (Å²) in [4.78, 5) is 23.9. The normalized spacial score (nSPS) is 11.5. The number of carbonyl (C=O) groups excluding carboxylic acids is 2. The molecule has 6 nitrogen and oxygen atoms in total. The molecule has 1 aromatic carbocycles. The molecule has 0 spiro atoms. The van der Waals surface area contributed by atoms with E-state index in [1.807, 2.05) is 0 Å². The first-order chi connectivity index (χ1) is 9.98. The van der Waals surface area contributed by atoms with Crippen molar-refractivity contribution in [3.05, 3.63) is 17.7 Å². The Morgan fingerprint density at radius 2 is 1.52 bits per heavy atom. The van der Waals surface area contributed by atoms with E-state index in [0.29, 0.717) is 17.2 Å². The van der Waals surface area contributed by atoms with Crippen LogP contribution in [0.3, 0.4) is 0 Å². The number of Topliss-reactive ketones (excluding diaryl/α,β-unsaturated/α-hetero) is 1. The molecule has 1 aromatic rings. The standard InChI is InChI=1S/C15H20O6/c1-9(15(17)21-5)6-11(16)14-12(19-3)7-10(18-2)8-13(14)20-4/h7-9H,6H2,1-5H3. The van der Waals surface area contributed by atoms with Gasteiger partial charge in [-0.15, -0.1) is 0 Å². The number of rotatable bonds is 7. The molecule has 0 saturated heterocycles. The van der Waals surface area contributed by atoms with Gasteiger partial charge in [-0.05, 0) is 0 Å². The quantitative estimate of drug-likeness (QED) is 0.567. The fourth-order valence-corrected chi connectivity index (χ4v) is 1.95. The van der Waals surface area contributed by atoms with Gasteiger partial charge in [0.05, 0.1) is 34.4 Å². The van der Waals surface area contributed by atoms with Crippen LogP contribution in [0, 0.1) is 5.92 Å². The number of benzene rings is 1. The van der Waals surface area contributed by atoms with Crippen LogP contribution >= 0.6 is 0 Å².